The lowest BCUT2D eigenvalue weighted by molar-refractivity contribution is -0.134. The van der Waals surface area contributed by atoms with Crippen molar-refractivity contribution in [2.45, 2.75) is 45.6 Å². The van der Waals surface area contributed by atoms with Crippen LogP contribution in [0.15, 0.2) is 12.3 Å². The van der Waals surface area contributed by atoms with Crippen molar-refractivity contribution in [2.24, 2.45) is 5.41 Å². The van der Waals surface area contributed by atoms with Crippen LogP contribution < -0.4 is 5.32 Å². The molecule has 1 aliphatic carbocycles. The predicted molar refractivity (Wildman–Crippen MR) is 60.3 cm³/mol. The van der Waals surface area contributed by atoms with Gasteiger partial charge >= 0.3 is 5.97 Å². The normalized spacial score (nSPS) is 25.1. The minimum atomic E-state index is -0.309. The van der Waals surface area contributed by atoms with Gasteiger partial charge in [0.05, 0.1) is 7.11 Å². The maximum absolute atomic E-state index is 10.9. The number of carbonyl (C=O) groups excluding carboxylic acids is 1. The van der Waals surface area contributed by atoms with Crippen LogP contribution in [0.1, 0.15) is 39.5 Å². The molecule has 0 aliphatic heterocycles. The molecule has 1 atom stereocenters. The van der Waals surface area contributed by atoms with Gasteiger partial charge in [-0.3, -0.25) is 0 Å². The van der Waals surface area contributed by atoms with Crippen molar-refractivity contribution < 1.29 is 9.53 Å². The van der Waals surface area contributed by atoms with E-state index in [4.69, 9.17) is 0 Å². The van der Waals surface area contributed by atoms with E-state index in [1.165, 1.54) is 38.9 Å². The van der Waals surface area contributed by atoms with Gasteiger partial charge < -0.3 is 10.1 Å². The first-order valence-corrected chi connectivity index (χ1v) is 5.57. The standard InChI is InChI=1S/C12H21NO2/c1-12(2)8-5-4-6-10(12)13-9-7-11(14)15-3/h7,9-10,13H,4-6,8H2,1-3H3/b9-7+. The lowest BCUT2D eigenvalue weighted by Crippen LogP contribution is -2.41. The van der Waals surface area contributed by atoms with Crippen LogP contribution >= 0.6 is 0 Å². The maximum Gasteiger partial charge on any atom is 0.331 e. The molecule has 0 aromatic rings. The Labute approximate surface area is 91.9 Å². The number of hydrogen-bond acceptors (Lipinski definition) is 3. The number of esters is 1. The van der Waals surface area contributed by atoms with Crippen LogP contribution in [0.25, 0.3) is 0 Å². The Morgan fingerprint density at radius 1 is 1.47 bits per heavy atom. The Bertz CT molecular complexity index is 246. The second-order valence-corrected chi connectivity index (χ2v) is 4.81. The summed E-state index contributed by atoms with van der Waals surface area (Å²) in [5.41, 5.74) is 0.318. The fourth-order valence-electron chi connectivity index (χ4n) is 2.10. The second kappa shape index (κ2) is 5.19. The summed E-state index contributed by atoms with van der Waals surface area (Å²) in [6.07, 6.45) is 8.16. The van der Waals surface area contributed by atoms with Crippen molar-refractivity contribution >= 4 is 5.97 Å². The summed E-state index contributed by atoms with van der Waals surface area (Å²) in [5.74, 6) is -0.309. The van der Waals surface area contributed by atoms with Gasteiger partial charge in [0.15, 0.2) is 0 Å². The molecule has 15 heavy (non-hydrogen) atoms. The SMILES string of the molecule is COC(=O)/C=C/NC1CCCCC1(C)C. The largest absolute Gasteiger partial charge is 0.466 e. The van der Waals surface area contributed by atoms with Gasteiger partial charge in [-0.1, -0.05) is 26.7 Å². The van der Waals surface area contributed by atoms with E-state index in [2.05, 4.69) is 23.9 Å². The number of ether oxygens (including phenoxy) is 1. The van der Waals surface area contributed by atoms with Gasteiger partial charge in [-0.25, -0.2) is 4.79 Å². The molecule has 1 rings (SSSR count). The van der Waals surface area contributed by atoms with Gasteiger partial charge in [-0.2, -0.15) is 0 Å². The second-order valence-electron chi connectivity index (χ2n) is 4.81. The van der Waals surface area contributed by atoms with E-state index in [9.17, 15) is 4.79 Å². The van der Waals surface area contributed by atoms with Crippen LogP contribution in [0.5, 0.6) is 0 Å². The van der Waals surface area contributed by atoms with E-state index in [0.717, 1.165) is 0 Å². The van der Waals surface area contributed by atoms with Crippen molar-refractivity contribution in [3.63, 3.8) is 0 Å². The van der Waals surface area contributed by atoms with Gasteiger partial charge in [-0.15, -0.1) is 0 Å². The molecule has 86 valence electrons. The molecule has 0 amide bonds. The van der Waals surface area contributed by atoms with Crippen LogP contribution in [0.2, 0.25) is 0 Å². The summed E-state index contributed by atoms with van der Waals surface area (Å²) in [6.45, 7) is 4.55. The third-order valence-corrected chi connectivity index (χ3v) is 3.23. The highest BCUT2D eigenvalue weighted by atomic mass is 16.5. The molecule has 0 bridgehead atoms. The molecule has 0 aromatic carbocycles. The first-order chi connectivity index (χ1) is 7.06. The lowest BCUT2D eigenvalue weighted by Gasteiger charge is -2.38. The predicted octanol–water partition coefficient (Wildman–Crippen LogP) is 2.23. The van der Waals surface area contributed by atoms with Gasteiger partial charge in [0, 0.05) is 18.3 Å². The average Bonchev–Trinajstić information content (AvgIpc) is 2.20. The zero-order chi connectivity index (χ0) is 11.3. The highest BCUT2D eigenvalue weighted by Gasteiger charge is 2.31. The molecule has 0 spiro atoms. The fraction of sp³-hybridized carbons (Fsp3) is 0.750. The fourth-order valence-corrected chi connectivity index (χ4v) is 2.10. The topological polar surface area (TPSA) is 38.3 Å². The Kier molecular flexibility index (Phi) is 4.18. The summed E-state index contributed by atoms with van der Waals surface area (Å²) in [4.78, 5) is 10.9. The van der Waals surface area contributed by atoms with Gasteiger partial charge in [-0.05, 0) is 18.3 Å². The first-order valence-electron chi connectivity index (χ1n) is 5.57. The smallest absolute Gasteiger partial charge is 0.331 e. The van der Waals surface area contributed by atoms with Crippen LogP contribution in [-0.4, -0.2) is 19.1 Å². The molecule has 0 saturated heterocycles. The molecule has 1 aliphatic rings. The van der Waals surface area contributed by atoms with E-state index < -0.39 is 0 Å². The highest BCUT2D eigenvalue weighted by molar-refractivity contribution is 5.81. The molecule has 3 nitrogen and oxygen atoms in total. The van der Waals surface area contributed by atoms with Crippen molar-refractivity contribution in [2.75, 3.05) is 7.11 Å². The molecule has 1 N–H and O–H groups in total. The molecule has 1 unspecified atom stereocenters. The summed E-state index contributed by atoms with van der Waals surface area (Å²) in [5, 5.41) is 3.30. The van der Waals surface area contributed by atoms with Crippen LogP contribution in [0, 0.1) is 5.41 Å². The lowest BCUT2D eigenvalue weighted by atomic mass is 9.73. The molecule has 0 heterocycles. The van der Waals surface area contributed by atoms with Crippen molar-refractivity contribution in [3.05, 3.63) is 12.3 Å². The number of nitrogens with one attached hydrogen (secondary N) is 1. The highest BCUT2D eigenvalue weighted by Crippen LogP contribution is 2.35. The van der Waals surface area contributed by atoms with Crippen LogP contribution in [0.4, 0.5) is 0 Å². The van der Waals surface area contributed by atoms with E-state index >= 15 is 0 Å². The first kappa shape index (κ1) is 12.1. The molecular weight excluding hydrogens is 190 g/mol. The zero-order valence-corrected chi connectivity index (χ0v) is 9.88. The number of hydrogen-bond donors (Lipinski definition) is 1. The van der Waals surface area contributed by atoms with E-state index in [-0.39, 0.29) is 5.97 Å². The third kappa shape index (κ3) is 3.57. The molecule has 1 fully saturated rings. The number of methoxy groups -OCH3 is 1. The third-order valence-electron chi connectivity index (χ3n) is 3.23. The molecule has 1 saturated carbocycles. The van der Waals surface area contributed by atoms with E-state index in [0.29, 0.717) is 11.5 Å². The Balaban J connectivity index is 2.43. The summed E-state index contributed by atoms with van der Waals surface area (Å²) >= 11 is 0. The minimum absolute atomic E-state index is 0.309. The number of carbonyl (C=O) groups is 1. The minimum Gasteiger partial charge on any atom is -0.466 e. The van der Waals surface area contributed by atoms with Gasteiger partial charge in [0.25, 0.3) is 0 Å². The molecule has 3 heteroatoms. The van der Waals surface area contributed by atoms with Gasteiger partial charge in [0.1, 0.15) is 0 Å². The Hall–Kier alpha value is -0.990. The summed E-state index contributed by atoms with van der Waals surface area (Å²) < 4.78 is 4.53. The quantitative estimate of drug-likeness (QED) is 0.574. The van der Waals surface area contributed by atoms with Gasteiger partial charge in [0.2, 0.25) is 0 Å². The van der Waals surface area contributed by atoms with Crippen molar-refractivity contribution in [1.82, 2.24) is 5.32 Å². The van der Waals surface area contributed by atoms with E-state index in [1.807, 2.05) is 0 Å². The van der Waals surface area contributed by atoms with Crippen molar-refractivity contribution in [1.29, 1.82) is 0 Å². The molecule has 0 aromatic heterocycles. The summed E-state index contributed by atoms with van der Waals surface area (Å²) in [7, 11) is 1.39. The van der Waals surface area contributed by atoms with Crippen LogP contribution in [-0.2, 0) is 9.53 Å². The van der Waals surface area contributed by atoms with Crippen molar-refractivity contribution in [3.8, 4) is 0 Å². The zero-order valence-electron chi connectivity index (χ0n) is 9.88. The van der Waals surface area contributed by atoms with E-state index in [1.54, 1.807) is 6.20 Å². The Morgan fingerprint density at radius 3 is 2.80 bits per heavy atom. The Morgan fingerprint density at radius 2 is 2.20 bits per heavy atom. The average molecular weight is 211 g/mol. The molecule has 0 radical (unpaired) electrons. The monoisotopic (exact) mass is 211 g/mol. The number of rotatable bonds is 3. The molecular formula is C12H21NO2. The summed E-state index contributed by atoms with van der Waals surface area (Å²) in [6, 6.07) is 0.465. The maximum atomic E-state index is 10.9. The van der Waals surface area contributed by atoms with Crippen LogP contribution in [0.3, 0.4) is 0 Å².